The number of piperazine rings is 1. The standard InChI is InChI=1S/C31H34ClF2N7O/c1-7-24(42)40-13-18(3)41(14-17(40)2)30-21-12-22(32)25(26-23(33)9-8-19-10-11-38(6)29(19)26)27(34)28(21)35-31(36-30)39-15-20(16-39)37(4)5/h7-12,17-18,20H,1,13-16H2,2-6H3/t17-,18+/m1/s1. The number of rotatable bonds is 5. The third-order valence-corrected chi connectivity index (χ3v) is 8.98. The fourth-order valence-electron chi connectivity index (χ4n) is 6.15. The molecule has 4 heterocycles. The molecule has 0 N–H and O–H groups in total. The summed E-state index contributed by atoms with van der Waals surface area (Å²) in [6, 6.07) is 6.58. The van der Waals surface area contributed by atoms with E-state index in [4.69, 9.17) is 21.6 Å². The van der Waals surface area contributed by atoms with E-state index in [9.17, 15) is 4.79 Å². The number of hydrogen-bond donors (Lipinski definition) is 0. The van der Waals surface area contributed by atoms with Crippen molar-refractivity contribution in [2.75, 3.05) is 50.1 Å². The first-order valence-electron chi connectivity index (χ1n) is 14.0. The minimum Gasteiger partial charge on any atom is -0.350 e. The van der Waals surface area contributed by atoms with Gasteiger partial charge in [-0.3, -0.25) is 4.79 Å². The van der Waals surface area contributed by atoms with Crippen molar-refractivity contribution < 1.29 is 13.6 Å². The summed E-state index contributed by atoms with van der Waals surface area (Å²) < 4.78 is 34.0. The number of fused-ring (bicyclic) bond motifs is 2. The van der Waals surface area contributed by atoms with Crippen molar-refractivity contribution in [1.29, 1.82) is 0 Å². The van der Waals surface area contributed by atoms with Crippen LogP contribution in [0.2, 0.25) is 5.02 Å². The van der Waals surface area contributed by atoms with Crippen LogP contribution in [0.4, 0.5) is 20.5 Å². The van der Waals surface area contributed by atoms with Gasteiger partial charge in [0.05, 0.1) is 10.5 Å². The first-order valence-corrected chi connectivity index (χ1v) is 14.4. The SMILES string of the molecule is C=CC(=O)N1C[C@H](C)N(c2nc(N3CC(N(C)C)C3)nc3c(F)c(-c4c(F)ccc5ccn(C)c45)c(Cl)cc23)C[C@H]1C. The normalized spacial score (nSPS) is 19.7. The van der Waals surface area contributed by atoms with Gasteiger partial charge in [-0.15, -0.1) is 0 Å². The molecule has 0 radical (unpaired) electrons. The lowest BCUT2D eigenvalue weighted by molar-refractivity contribution is -0.128. The van der Waals surface area contributed by atoms with Crippen LogP contribution in [0.1, 0.15) is 13.8 Å². The highest BCUT2D eigenvalue weighted by Gasteiger charge is 2.36. The average Bonchev–Trinajstić information content (AvgIpc) is 3.30. The fourth-order valence-corrected chi connectivity index (χ4v) is 6.44. The number of aryl methyl sites for hydroxylation is 1. The molecule has 2 aromatic heterocycles. The van der Waals surface area contributed by atoms with Gasteiger partial charge in [0.15, 0.2) is 5.82 Å². The van der Waals surface area contributed by atoms with Crippen molar-refractivity contribution >= 4 is 51.1 Å². The third kappa shape index (κ3) is 4.48. The Morgan fingerprint density at radius 3 is 2.50 bits per heavy atom. The summed E-state index contributed by atoms with van der Waals surface area (Å²) in [5.74, 6) is -0.446. The van der Waals surface area contributed by atoms with Gasteiger partial charge in [0, 0.05) is 79.4 Å². The van der Waals surface area contributed by atoms with E-state index in [0.717, 1.165) is 5.39 Å². The molecule has 2 aliphatic rings. The number of aromatic nitrogens is 3. The Kier molecular flexibility index (Phi) is 7.09. The van der Waals surface area contributed by atoms with Crippen LogP contribution in [0.15, 0.2) is 43.1 Å². The van der Waals surface area contributed by atoms with Crippen molar-refractivity contribution in [3.63, 3.8) is 0 Å². The van der Waals surface area contributed by atoms with Crippen LogP contribution in [0, 0.1) is 11.6 Å². The smallest absolute Gasteiger partial charge is 0.246 e. The Morgan fingerprint density at radius 2 is 1.81 bits per heavy atom. The lowest BCUT2D eigenvalue weighted by Gasteiger charge is -2.45. The van der Waals surface area contributed by atoms with Crippen molar-refractivity contribution in [3.8, 4) is 11.1 Å². The minimum absolute atomic E-state index is 0.0257. The summed E-state index contributed by atoms with van der Waals surface area (Å²) in [4.78, 5) is 30.2. The van der Waals surface area contributed by atoms with Crippen molar-refractivity contribution in [2.45, 2.75) is 32.0 Å². The Balaban J connectivity index is 1.55. The molecule has 6 rings (SSSR count). The lowest BCUT2D eigenvalue weighted by atomic mass is 9.99. The summed E-state index contributed by atoms with van der Waals surface area (Å²) >= 11 is 6.82. The summed E-state index contributed by atoms with van der Waals surface area (Å²) in [6.07, 6.45) is 3.13. The van der Waals surface area contributed by atoms with Gasteiger partial charge in [0.1, 0.15) is 17.2 Å². The molecule has 0 spiro atoms. The molecule has 4 aromatic rings. The van der Waals surface area contributed by atoms with E-state index in [-0.39, 0.29) is 39.7 Å². The summed E-state index contributed by atoms with van der Waals surface area (Å²) in [6.45, 7) is 9.94. The van der Waals surface area contributed by atoms with Gasteiger partial charge >= 0.3 is 0 Å². The number of likely N-dealkylation sites (N-methyl/N-ethyl adjacent to an activating group) is 1. The van der Waals surface area contributed by atoms with E-state index in [0.29, 0.717) is 54.9 Å². The molecule has 11 heteroatoms. The van der Waals surface area contributed by atoms with Crippen LogP contribution in [0.25, 0.3) is 32.9 Å². The number of anilines is 2. The average molecular weight is 594 g/mol. The maximum atomic E-state index is 16.8. The van der Waals surface area contributed by atoms with Crippen LogP contribution in [-0.4, -0.2) is 88.6 Å². The van der Waals surface area contributed by atoms with E-state index in [2.05, 4.69) is 16.4 Å². The van der Waals surface area contributed by atoms with E-state index in [1.807, 2.05) is 45.1 Å². The monoisotopic (exact) mass is 593 g/mol. The number of carbonyl (C=O) groups is 1. The molecule has 2 saturated heterocycles. The quantitative estimate of drug-likeness (QED) is 0.301. The molecular formula is C31H34ClF2N7O. The Bertz CT molecular complexity index is 1730. The van der Waals surface area contributed by atoms with Gasteiger partial charge in [0.25, 0.3) is 0 Å². The molecule has 2 aromatic carbocycles. The molecule has 0 bridgehead atoms. The predicted molar refractivity (Wildman–Crippen MR) is 164 cm³/mol. The maximum Gasteiger partial charge on any atom is 0.246 e. The number of carbonyl (C=O) groups excluding carboxylic acids is 1. The second-order valence-corrected chi connectivity index (χ2v) is 12.1. The van der Waals surface area contributed by atoms with E-state index in [1.165, 1.54) is 12.1 Å². The number of hydrogen-bond acceptors (Lipinski definition) is 6. The van der Waals surface area contributed by atoms with Crippen LogP contribution >= 0.6 is 11.6 Å². The zero-order valence-corrected chi connectivity index (χ0v) is 25.2. The van der Waals surface area contributed by atoms with E-state index in [1.54, 1.807) is 28.6 Å². The highest BCUT2D eigenvalue weighted by molar-refractivity contribution is 6.35. The molecule has 1 amide bonds. The van der Waals surface area contributed by atoms with Crippen molar-refractivity contribution in [2.24, 2.45) is 7.05 Å². The highest BCUT2D eigenvalue weighted by atomic mass is 35.5. The van der Waals surface area contributed by atoms with Crippen LogP contribution in [-0.2, 0) is 11.8 Å². The number of benzene rings is 2. The molecular weight excluding hydrogens is 560 g/mol. The van der Waals surface area contributed by atoms with Gasteiger partial charge in [0.2, 0.25) is 11.9 Å². The molecule has 2 atom stereocenters. The zero-order chi connectivity index (χ0) is 30.0. The van der Waals surface area contributed by atoms with Gasteiger partial charge < -0.3 is 24.2 Å². The molecule has 8 nitrogen and oxygen atoms in total. The summed E-state index contributed by atoms with van der Waals surface area (Å²) in [7, 11) is 5.84. The zero-order valence-electron chi connectivity index (χ0n) is 24.4. The second kappa shape index (κ2) is 10.5. The van der Waals surface area contributed by atoms with Gasteiger partial charge in [-0.2, -0.15) is 4.98 Å². The predicted octanol–water partition coefficient (Wildman–Crippen LogP) is 5.08. The number of amides is 1. The first-order chi connectivity index (χ1) is 20.0. The molecule has 0 saturated carbocycles. The second-order valence-electron chi connectivity index (χ2n) is 11.6. The third-order valence-electron chi connectivity index (χ3n) is 8.68. The van der Waals surface area contributed by atoms with Gasteiger partial charge in [-0.05, 0) is 58.3 Å². The first kappa shape index (κ1) is 28.4. The van der Waals surface area contributed by atoms with Crippen LogP contribution in [0.5, 0.6) is 0 Å². The topological polar surface area (TPSA) is 60.7 Å². The Morgan fingerprint density at radius 1 is 1.07 bits per heavy atom. The van der Waals surface area contributed by atoms with Gasteiger partial charge in [-0.25, -0.2) is 13.8 Å². The van der Waals surface area contributed by atoms with Crippen LogP contribution < -0.4 is 9.80 Å². The van der Waals surface area contributed by atoms with E-state index < -0.39 is 11.6 Å². The minimum atomic E-state index is -0.694. The van der Waals surface area contributed by atoms with Crippen molar-refractivity contribution in [1.82, 2.24) is 24.3 Å². The summed E-state index contributed by atoms with van der Waals surface area (Å²) in [5, 5.41) is 1.29. The summed E-state index contributed by atoms with van der Waals surface area (Å²) in [5.41, 5.74) is 0.702. The fraction of sp³-hybridized carbons (Fsp3) is 0.387. The molecule has 0 aliphatic carbocycles. The van der Waals surface area contributed by atoms with Gasteiger partial charge in [-0.1, -0.05) is 18.2 Å². The lowest BCUT2D eigenvalue weighted by Crippen LogP contribution is -2.59. The molecule has 0 unspecified atom stereocenters. The Labute approximate surface area is 248 Å². The van der Waals surface area contributed by atoms with E-state index >= 15 is 8.78 Å². The maximum absolute atomic E-state index is 16.8. The Hall–Kier alpha value is -3.76. The van der Waals surface area contributed by atoms with Crippen LogP contribution in [0.3, 0.4) is 0 Å². The largest absolute Gasteiger partial charge is 0.350 e. The molecule has 42 heavy (non-hydrogen) atoms. The number of nitrogens with zero attached hydrogens (tertiary/aromatic N) is 7. The molecule has 220 valence electrons. The molecule has 2 fully saturated rings. The highest BCUT2D eigenvalue weighted by Crippen LogP contribution is 2.43. The van der Waals surface area contributed by atoms with Crippen molar-refractivity contribution in [3.05, 3.63) is 59.8 Å². The number of halogens is 3. The molecule has 2 aliphatic heterocycles.